The molecule has 7 nitrogen and oxygen atoms in total. The first-order valence-electron chi connectivity index (χ1n) is 6.44. The van der Waals surface area contributed by atoms with Gasteiger partial charge in [0.25, 0.3) is 11.2 Å². The second-order valence-electron chi connectivity index (χ2n) is 4.95. The Bertz CT molecular complexity index is 982. The van der Waals surface area contributed by atoms with Crippen LogP contribution >= 0.6 is 23.2 Å². The van der Waals surface area contributed by atoms with E-state index in [-0.39, 0.29) is 26.2 Å². The fourth-order valence-electron chi connectivity index (χ4n) is 2.11. The van der Waals surface area contributed by atoms with Crippen LogP contribution in [0.5, 0.6) is 0 Å². The SMILES string of the molecule is Cn1c(C(F)(F)F)cc(=O)n(Cc2cc([N+](=O)[O-])cc(Cl)c2Cl)c1=O. The van der Waals surface area contributed by atoms with Crippen molar-refractivity contribution in [3.05, 3.63) is 70.5 Å². The van der Waals surface area contributed by atoms with Gasteiger partial charge < -0.3 is 0 Å². The van der Waals surface area contributed by atoms with Crippen molar-refractivity contribution in [1.82, 2.24) is 9.13 Å². The summed E-state index contributed by atoms with van der Waals surface area (Å²) in [5.74, 6) is 0. The summed E-state index contributed by atoms with van der Waals surface area (Å²) in [5, 5.41) is 10.5. The van der Waals surface area contributed by atoms with Crippen molar-refractivity contribution in [3.8, 4) is 0 Å². The first kappa shape index (κ1) is 19.0. The van der Waals surface area contributed by atoms with Crippen LogP contribution in [0.25, 0.3) is 0 Å². The van der Waals surface area contributed by atoms with Gasteiger partial charge in [-0.1, -0.05) is 23.2 Å². The van der Waals surface area contributed by atoms with E-state index in [1.807, 2.05) is 0 Å². The molecular formula is C13H8Cl2F3N3O4. The number of nitro groups is 1. The van der Waals surface area contributed by atoms with Crippen LogP contribution in [0.1, 0.15) is 11.3 Å². The Morgan fingerprint density at radius 2 is 1.80 bits per heavy atom. The zero-order valence-corrected chi connectivity index (χ0v) is 13.8. The normalized spacial score (nSPS) is 11.6. The molecule has 1 aromatic heterocycles. The van der Waals surface area contributed by atoms with Crippen molar-refractivity contribution >= 4 is 28.9 Å². The molecule has 0 spiro atoms. The zero-order chi connectivity index (χ0) is 19.1. The third-order valence-corrected chi connectivity index (χ3v) is 4.16. The molecule has 0 atom stereocenters. The molecule has 2 rings (SSSR count). The van der Waals surface area contributed by atoms with Gasteiger partial charge in [0.15, 0.2) is 0 Å². The molecule has 0 saturated carbocycles. The van der Waals surface area contributed by atoms with Gasteiger partial charge in [-0.3, -0.25) is 24.0 Å². The lowest BCUT2D eigenvalue weighted by Gasteiger charge is -2.14. The van der Waals surface area contributed by atoms with Gasteiger partial charge >= 0.3 is 11.9 Å². The summed E-state index contributed by atoms with van der Waals surface area (Å²) in [5.41, 5.74) is -4.39. The highest BCUT2D eigenvalue weighted by Crippen LogP contribution is 2.31. The summed E-state index contributed by atoms with van der Waals surface area (Å²) in [6.45, 7) is -0.579. The molecule has 0 fully saturated rings. The number of halogens is 5. The summed E-state index contributed by atoms with van der Waals surface area (Å²) in [6.07, 6.45) is -4.89. The van der Waals surface area contributed by atoms with E-state index in [1.165, 1.54) is 0 Å². The highest BCUT2D eigenvalue weighted by Gasteiger charge is 2.35. The summed E-state index contributed by atoms with van der Waals surface area (Å²) in [6, 6.07) is 2.22. The Balaban J connectivity index is 2.64. The van der Waals surface area contributed by atoms with E-state index < -0.39 is 40.3 Å². The number of nitrogens with zero attached hydrogens (tertiary/aromatic N) is 3. The first-order valence-corrected chi connectivity index (χ1v) is 7.19. The van der Waals surface area contributed by atoms with Crippen LogP contribution in [0, 0.1) is 10.1 Å². The Labute approximate surface area is 147 Å². The maximum absolute atomic E-state index is 12.8. The average molecular weight is 398 g/mol. The van der Waals surface area contributed by atoms with Crippen molar-refractivity contribution in [1.29, 1.82) is 0 Å². The topological polar surface area (TPSA) is 87.1 Å². The molecular weight excluding hydrogens is 390 g/mol. The molecule has 0 aliphatic rings. The van der Waals surface area contributed by atoms with E-state index in [0.29, 0.717) is 4.57 Å². The van der Waals surface area contributed by atoms with Crippen LogP contribution in [0.4, 0.5) is 18.9 Å². The molecule has 134 valence electrons. The van der Waals surface area contributed by atoms with Crippen molar-refractivity contribution in [2.75, 3.05) is 0 Å². The van der Waals surface area contributed by atoms with E-state index in [2.05, 4.69) is 0 Å². The molecule has 0 amide bonds. The van der Waals surface area contributed by atoms with Crippen LogP contribution in [0.2, 0.25) is 10.0 Å². The predicted molar refractivity (Wildman–Crippen MR) is 83.2 cm³/mol. The summed E-state index contributed by atoms with van der Waals surface area (Å²) in [4.78, 5) is 34.1. The van der Waals surface area contributed by atoms with Crippen LogP contribution in [-0.4, -0.2) is 14.1 Å². The van der Waals surface area contributed by atoms with Crippen LogP contribution in [0.3, 0.4) is 0 Å². The number of nitro benzene ring substituents is 1. The number of hydrogen-bond acceptors (Lipinski definition) is 4. The van der Waals surface area contributed by atoms with E-state index in [4.69, 9.17) is 23.2 Å². The highest BCUT2D eigenvalue weighted by molar-refractivity contribution is 6.42. The standard InChI is InChI=1S/C13H8Cl2F3N3O4/c1-19-9(13(16,17)18)4-10(22)20(12(19)23)5-6-2-7(21(24)25)3-8(14)11(6)15/h2-4H,5H2,1H3. The lowest BCUT2D eigenvalue weighted by atomic mass is 10.2. The highest BCUT2D eigenvalue weighted by atomic mass is 35.5. The summed E-state index contributed by atoms with van der Waals surface area (Å²) < 4.78 is 39.1. The molecule has 1 aromatic carbocycles. The number of alkyl halides is 3. The number of non-ortho nitro benzene ring substituents is 1. The average Bonchev–Trinajstić information content (AvgIpc) is 2.49. The van der Waals surface area contributed by atoms with Gasteiger partial charge in [-0.15, -0.1) is 0 Å². The molecule has 2 aromatic rings. The maximum atomic E-state index is 12.8. The zero-order valence-electron chi connectivity index (χ0n) is 12.3. The monoisotopic (exact) mass is 397 g/mol. The summed E-state index contributed by atoms with van der Waals surface area (Å²) in [7, 11) is 0.850. The largest absolute Gasteiger partial charge is 0.431 e. The van der Waals surface area contributed by atoms with Crippen molar-refractivity contribution in [2.45, 2.75) is 12.7 Å². The van der Waals surface area contributed by atoms with E-state index >= 15 is 0 Å². The molecule has 0 aliphatic carbocycles. The lowest BCUT2D eigenvalue weighted by molar-refractivity contribution is -0.384. The van der Waals surface area contributed by atoms with Crippen molar-refractivity contribution in [2.24, 2.45) is 7.05 Å². The number of aromatic nitrogens is 2. The van der Waals surface area contributed by atoms with Gasteiger partial charge in [0.2, 0.25) is 0 Å². The minimum atomic E-state index is -4.89. The molecule has 25 heavy (non-hydrogen) atoms. The minimum absolute atomic E-state index is 0.0557. The molecule has 0 saturated heterocycles. The van der Waals surface area contributed by atoms with Crippen LogP contribution < -0.4 is 11.2 Å². The molecule has 0 radical (unpaired) electrons. The predicted octanol–water partition coefficient (Wildman–Crippen LogP) is 2.83. The smallest absolute Gasteiger partial charge is 0.292 e. The molecule has 0 aliphatic heterocycles. The Hall–Kier alpha value is -2.33. The van der Waals surface area contributed by atoms with Crippen molar-refractivity contribution < 1.29 is 18.1 Å². The fraction of sp³-hybridized carbons (Fsp3) is 0.231. The second-order valence-corrected chi connectivity index (χ2v) is 5.74. The quantitative estimate of drug-likeness (QED) is 0.588. The number of hydrogen-bond donors (Lipinski definition) is 0. The van der Waals surface area contributed by atoms with Gasteiger partial charge in [-0.25, -0.2) is 4.79 Å². The number of benzene rings is 1. The van der Waals surface area contributed by atoms with Crippen LogP contribution in [-0.2, 0) is 19.8 Å². The third-order valence-electron chi connectivity index (χ3n) is 3.32. The molecule has 1 heterocycles. The minimum Gasteiger partial charge on any atom is -0.292 e. The Kier molecular flexibility index (Phi) is 4.96. The molecule has 12 heteroatoms. The van der Waals surface area contributed by atoms with Gasteiger partial charge in [-0.2, -0.15) is 13.2 Å². The van der Waals surface area contributed by atoms with E-state index in [1.54, 1.807) is 0 Å². The summed E-state index contributed by atoms with van der Waals surface area (Å²) >= 11 is 11.7. The van der Waals surface area contributed by atoms with Crippen molar-refractivity contribution in [3.63, 3.8) is 0 Å². The second kappa shape index (κ2) is 6.52. The molecule has 0 N–H and O–H groups in total. The first-order chi connectivity index (χ1) is 11.4. The Morgan fingerprint density at radius 3 is 2.32 bits per heavy atom. The van der Waals surface area contributed by atoms with E-state index in [0.717, 1.165) is 19.2 Å². The number of rotatable bonds is 3. The Morgan fingerprint density at radius 1 is 1.20 bits per heavy atom. The molecule has 0 unspecified atom stereocenters. The third kappa shape index (κ3) is 3.69. The van der Waals surface area contributed by atoms with E-state index in [9.17, 15) is 32.9 Å². The van der Waals surface area contributed by atoms with Gasteiger partial charge in [0.05, 0.1) is 21.5 Å². The molecule has 0 bridgehead atoms. The van der Waals surface area contributed by atoms with Gasteiger partial charge in [0, 0.05) is 25.2 Å². The van der Waals surface area contributed by atoms with Gasteiger partial charge in [0.1, 0.15) is 5.69 Å². The van der Waals surface area contributed by atoms with Crippen LogP contribution in [0.15, 0.2) is 27.8 Å². The fourth-order valence-corrected chi connectivity index (χ4v) is 2.51. The maximum Gasteiger partial charge on any atom is 0.431 e. The lowest BCUT2D eigenvalue weighted by Crippen LogP contribution is -2.41. The van der Waals surface area contributed by atoms with Gasteiger partial charge in [-0.05, 0) is 5.56 Å².